The SMILES string of the molecule is COc1cc(CNC(C)C2CCCCC2)cc(Cl)c1OC. The number of benzene rings is 1. The van der Waals surface area contributed by atoms with E-state index in [1.807, 2.05) is 12.1 Å². The molecular formula is C17H26ClNO2. The molecule has 0 radical (unpaired) electrons. The van der Waals surface area contributed by atoms with Crippen LogP contribution in [0, 0.1) is 5.92 Å². The van der Waals surface area contributed by atoms with Crippen LogP contribution in [0.4, 0.5) is 0 Å². The zero-order chi connectivity index (χ0) is 15.2. The van der Waals surface area contributed by atoms with E-state index in [0.29, 0.717) is 22.6 Å². The predicted octanol–water partition coefficient (Wildman–Crippen LogP) is 4.42. The largest absolute Gasteiger partial charge is 0.493 e. The summed E-state index contributed by atoms with van der Waals surface area (Å²) in [5.41, 5.74) is 1.13. The lowest BCUT2D eigenvalue weighted by molar-refractivity contribution is 0.280. The van der Waals surface area contributed by atoms with Crippen LogP contribution < -0.4 is 14.8 Å². The third-order valence-corrected chi connectivity index (χ3v) is 4.76. The van der Waals surface area contributed by atoms with E-state index in [4.69, 9.17) is 21.1 Å². The normalized spacial score (nSPS) is 17.5. The average molecular weight is 312 g/mol. The lowest BCUT2D eigenvalue weighted by atomic mass is 9.84. The highest BCUT2D eigenvalue weighted by Gasteiger charge is 2.19. The Morgan fingerprint density at radius 3 is 2.52 bits per heavy atom. The van der Waals surface area contributed by atoms with Crippen molar-refractivity contribution in [2.45, 2.75) is 51.6 Å². The molecule has 1 aromatic rings. The van der Waals surface area contributed by atoms with Gasteiger partial charge in [0.15, 0.2) is 11.5 Å². The second-order valence-corrected chi connectivity index (χ2v) is 6.29. The Morgan fingerprint density at radius 2 is 1.90 bits per heavy atom. The van der Waals surface area contributed by atoms with Crippen LogP contribution in [0.25, 0.3) is 0 Å². The quantitative estimate of drug-likeness (QED) is 0.844. The first-order chi connectivity index (χ1) is 10.2. The Bertz CT molecular complexity index is 458. The highest BCUT2D eigenvalue weighted by atomic mass is 35.5. The molecule has 0 aliphatic heterocycles. The van der Waals surface area contributed by atoms with Crippen LogP contribution in [0.3, 0.4) is 0 Å². The summed E-state index contributed by atoms with van der Waals surface area (Å²) in [4.78, 5) is 0. The Labute approximate surface area is 133 Å². The fourth-order valence-electron chi connectivity index (χ4n) is 3.15. The minimum atomic E-state index is 0.539. The molecule has 1 unspecified atom stereocenters. The number of methoxy groups -OCH3 is 2. The van der Waals surface area contributed by atoms with Crippen molar-refractivity contribution in [3.05, 3.63) is 22.7 Å². The monoisotopic (exact) mass is 311 g/mol. The summed E-state index contributed by atoms with van der Waals surface area (Å²) in [7, 11) is 3.24. The molecule has 0 amide bonds. The topological polar surface area (TPSA) is 30.5 Å². The molecule has 0 heterocycles. The molecule has 0 spiro atoms. The van der Waals surface area contributed by atoms with E-state index in [1.165, 1.54) is 32.1 Å². The number of hydrogen-bond acceptors (Lipinski definition) is 3. The summed E-state index contributed by atoms with van der Waals surface area (Å²) < 4.78 is 10.6. The third-order valence-electron chi connectivity index (χ3n) is 4.48. The summed E-state index contributed by atoms with van der Waals surface area (Å²) in [6, 6.07) is 4.48. The zero-order valence-corrected chi connectivity index (χ0v) is 14.0. The molecular weight excluding hydrogens is 286 g/mol. The van der Waals surface area contributed by atoms with Gasteiger partial charge in [-0.2, -0.15) is 0 Å². The van der Waals surface area contributed by atoms with Crippen molar-refractivity contribution in [1.29, 1.82) is 0 Å². The van der Waals surface area contributed by atoms with Gasteiger partial charge < -0.3 is 14.8 Å². The Balaban J connectivity index is 1.97. The van der Waals surface area contributed by atoms with Crippen LogP contribution >= 0.6 is 11.6 Å². The van der Waals surface area contributed by atoms with Crippen molar-refractivity contribution < 1.29 is 9.47 Å². The maximum Gasteiger partial charge on any atom is 0.179 e. The van der Waals surface area contributed by atoms with Crippen molar-refractivity contribution in [3.8, 4) is 11.5 Å². The van der Waals surface area contributed by atoms with Crippen LogP contribution in [0.5, 0.6) is 11.5 Å². The maximum absolute atomic E-state index is 6.24. The summed E-state index contributed by atoms with van der Waals surface area (Å²) in [5, 5.41) is 4.23. The van der Waals surface area contributed by atoms with Crippen molar-refractivity contribution in [1.82, 2.24) is 5.32 Å². The summed E-state index contributed by atoms with van der Waals surface area (Å²) in [6.07, 6.45) is 6.84. The number of hydrogen-bond donors (Lipinski definition) is 1. The molecule has 1 aliphatic rings. The molecule has 2 rings (SSSR count). The van der Waals surface area contributed by atoms with E-state index in [9.17, 15) is 0 Å². The Kier molecular flexibility index (Phi) is 6.19. The highest BCUT2D eigenvalue weighted by Crippen LogP contribution is 2.36. The molecule has 4 heteroatoms. The van der Waals surface area contributed by atoms with E-state index in [2.05, 4.69) is 12.2 Å². The lowest BCUT2D eigenvalue weighted by Crippen LogP contribution is -2.34. The van der Waals surface area contributed by atoms with Gasteiger partial charge in [0.1, 0.15) is 0 Å². The highest BCUT2D eigenvalue weighted by molar-refractivity contribution is 6.32. The molecule has 118 valence electrons. The molecule has 0 saturated heterocycles. The van der Waals surface area contributed by atoms with Gasteiger partial charge in [0.2, 0.25) is 0 Å². The smallest absolute Gasteiger partial charge is 0.179 e. The number of nitrogens with one attached hydrogen (secondary N) is 1. The molecule has 3 nitrogen and oxygen atoms in total. The van der Waals surface area contributed by atoms with E-state index >= 15 is 0 Å². The van der Waals surface area contributed by atoms with Crippen molar-refractivity contribution in [2.75, 3.05) is 14.2 Å². The van der Waals surface area contributed by atoms with Gasteiger partial charge in [-0.25, -0.2) is 0 Å². The van der Waals surface area contributed by atoms with Crippen LogP contribution in [0.1, 0.15) is 44.6 Å². The van der Waals surface area contributed by atoms with Gasteiger partial charge >= 0.3 is 0 Å². The number of ether oxygens (including phenoxy) is 2. The molecule has 1 aromatic carbocycles. The summed E-state index contributed by atoms with van der Waals surface area (Å²) in [6.45, 7) is 3.09. The summed E-state index contributed by atoms with van der Waals surface area (Å²) >= 11 is 6.24. The fraction of sp³-hybridized carbons (Fsp3) is 0.647. The van der Waals surface area contributed by atoms with Gasteiger partial charge in [-0.05, 0) is 43.4 Å². The summed E-state index contributed by atoms with van der Waals surface area (Å²) in [5.74, 6) is 2.09. The van der Waals surface area contributed by atoms with Crippen molar-refractivity contribution in [3.63, 3.8) is 0 Å². The molecule has 1 fully saturated rings. The molecule has 1 aliphatic carbocycles. The van der Waals surface area contributed by atoms with Crippen molar-refractivity contribution >= 4 is 11.6 Å². The van der Waals surface area contributed by atoms with Crippen LogP contribution in [0.2, 0.25) is 5.02 Å². The lowest BCUT2D eigenvalue weighted by Gasteiger charge is -2.28. The van der Waals surface area contributed by atoms with E-state index in [1.54, 1.807) is 14.2 Å². The van der Waals surface area contributed by atoms with Crippen LogP contribution in [-0.2, 0) is 6.54 Å². The Morgan fingerprint density at radius 1 is 1.19 bits per heavy atom. The molecule has 0 bridgehead atoms. The van der Waals surface area contributed by atoms with Gasteiger partial charge in [0.25, 0.3) is 0 Å². The minimum absolute atomic E-state index is 0.539. The second kappa shape index (κ2) is 7.90. The molecule has 21 heavy (non-hydrogen) atoms. The second-order valence-electron chi connectivity index (χ2n) is 5.88. The number of rotatable bonds is 6. The van der Waals surface area contributed by atoms with E-state index in [0.717, 1.165) is 18.0 Å². The number of halogens is 1. The predicted molar refractivity (Wildman–Crippen MR) is 87.4 cm³/mol. The van der Waals surface area contributed by atoms with E-state index < -0.39 is 0 Å². The first-order valence-corrected chi connectivity index (χ1v) is 8.17. The van der Waals surface area contributed by atoms with Crippen molar-refractivity contribution in [2.24, 2.45) is 5.92 Å². The zero-order valence-electron chi connectivity index (χ0n) is 13.2. The van der Waals surface area contributed by atoms with Gasteiger partial charge in [-0.1, -0.05) is 30.9 Å². The molecule has 1 atom stereocenters. The molecule has 1 N–H and O–H groups in total. The first-order valence-electron chi connectivity index (χ1n) is 7.79. The average Bonchev–Trinajstić information content (AvgIpc) is 2.52. The van der Waals surface area contributed by atoms with Crippen LogP contribution in [-0.4, -0.2) is 20.3 Å². The molecule has 1 saturated carbocycles. The molecule has 0 aromatic heterocycles. The maximum atomic E-state index is 6.24. The minimum Gasteiger partial charge on any atom is -0.493 e. The fourth-order valence-corrected chi connectivity index (χ4v) is 3.46. The van der Waals surface area contributed by atoms with Gasteiger partial charge in [-0.3, -0.25) is 0 Å². The Hall–Kier alpha value is -0.930. The van der Waals surface area contributed by atoms with E-state index in [-0.39, 0.29) is 0 Å². The van der Waals surface area contributed by atoms with Gasteiger partial charge in [0.05, 0.1) is 19.2 Å². The van der Waals surface area contributed by atoms with Crippen LogP contribution in [0.15, 0.2) is 12.1 Å². The van der Waals surface area contributed by atoms with Gasteiger partial charge in [-0.15, -0.1) is 0 Å². The third kappa shape index (κ3) is 4.27. The first kappa shape index (κ1) is 16.4. The standard InChI is InChI=1S/C17H26ClNO2/c1-12(14-7-5-4-6-8-14)19-11-13-9-15(18)17(21-3)16(10-13)20-2/h9-10,12,14,19H,4-8,11H2,1-3H3. The van der Waals surface area contributed by atoms with Gasteiger partial charge in [0, 0.05) is 12.6 Å².